The Kier molecular flexibility index (Phi) is 3.52. The Morgan fingerprint density at radius 2 is 1.81 bits per heavy atom. The molecule has 2 rings (SSSR count). The Morgan fingerprint density at radius 3 is 2.50 bits per heavy atom. The van der Waals surface area contributed by atoms with Crippen molar-refractivity contribution in [3.8, 4) is 5.75 Å². The molecule has 1 nitrogen and oxygen atoms in total. The second-order valence-corrected chi connectivity index (χ2v) is 4.20. The summed E-state index contributed by atoms with van der Waals surface area (Å²) in [7, 11) is 0. The van der Waals surface area contributed by atoms with Gasteiger partial charge in [0, 0.05) is 4.90 Å². The molecule has 0 radical (unpaired) electrons. The highest BCUT2D eigenvalue weighted by atomic mass is 32.1. The van der Waals surface area contributed by atoms with E-state index < -0.39 is 0 Å². The summed E-state index contributed by atoms with van der Waals surface area (Å²) in [5.41, 5.74) is 2.31. The molecular weight excluding hydrogens is 216 g/mol. The Balaban J connectivity index is 2.03. The molecule has 0 saturated heterocycles. The maximum Gasteiger partial charge on any atom is 0.120 e. The molecule has 0 unspecified atom stereocenters. The largest absolute Gasteiger partial charge is 0.489 e. The molecular formula is C14H14OS. The smallest absolute Gasteiger partial charge is 0.120 e. The predicted molar refractivity (Wildman–Crippen MR) is 69.2 cm³/mol. The first-order valence-corrected chi connectivity index (χ1v) is 5.67. The quantitative estimate of drug-likeness (QED) is 0.788. The van der Waals surface area contributed by atoms with Gasteiger partial charge in [-0.2, -0.15) is 0 Å². The van der Waals surface area contributed by atoms with Crippen molar-refractivity contribution >= 4 is 12.6 Å². The molecule has 0 N–H and O–H groups in total. The van der Waals surface area contributed by atoms with Gasteiger partial charge in [0.15, 0.2) is 0 Å². The van der Waals surface area contributed by atoms with Crippen LogP contribution in [-0.2, 0) is 6.61 Å². The van der Waals surface area contributed by atoms with Gasteiger partial charge < -0.3 is 4.74 Å². The topological polar surface area (TPSA) is 9.23 Å². The Hall–Kier alpha value is -1.41. The standard InChI is InChI=1S/C14H14OS/c1-11-9-13(7-8-14(11)16)15-10-12-5-3-2-4-6-12/h2-9,16H,10H2,1H3. The van der Waals surface area contributed by atoms with Gasteiger partial charge in [-0.15, -0.1) is 12.6 Å². The first kappa shape index (κ1) is 11.1. The van der Waals surface area contributed by atoms with E-state index in [2.05, 4.69) is 24.8 Å². The van der Waals surface area contributed by atoms with Crippen molar-refractivity contribution in [1.82, 2.24) is 0 Å². The Bertz CT molecular complexity index is 465. The zero-order chi connectivity index (χ0) is 11.4. The van der Waals surface area contributed by atoms with E-state index in [1.807, 2.05) is 43.3 Å². The van der Waals surface area contributed by atoms with E-state index in [1.165, 1.54) is 5.56 Å². The van der Waals surface area contributed by atoms with Crippen molar-refractivity contribution < 1.29 is 4.74 Å². The lowest BCUT2D eigenvalue weighted by molar-refractivity contribution is 0.306. The van der Waals surface area contributed by atoms with Crippen LogP contribution in [0.2, 0.25) is 0 Å². The molecule has 0 atom stereocenters. The van der Waals surface area contributed by atoms with Gasteiger partial charge in [0.25, 0.3) is 0 Å². The second-order valence-electron chi connectivity index (χ2n) is 3.72. The highest BCUT2D eigenvalue weighted by Crippen LogP contribution is 2.20. The molecule has 0 heterocycles. The fraction of sp³-hybridized carbons (Fsp3) is 0.143. The fourth-order valence-electron chi connectivity index (χ4n) is 1.46. The minimum Gasteiger partial charge on any atom is -0.489 e. The highest BCUT2D eigenvalue weighted by molar-refractivity contribution is 7.80. The summed E-state index contributed by atoms with van der Waals surface area (Å²) >= 11 is 4.33. The minimum atomic E-state index is 0.603. The summed E-state index contributed by atoms with van der Waals surface area (Å²) in [6, 6.07) is 16.0. The van der Waals surface area contributed by atoms with Gasteiger partial charge in [-0.05, 0) is 36.2 Å². The number of benzene rings is 2. The maximum absolute atomic E-state index is 5.69. The Labute approximate surface area is 101 Å². The third-order valence-electron chi connectivity index (χ3n) is 2.42. The molecule has 0 aromatic heterocycles. The van der Waals surface area contributed by atoms with Crippen LogP contribution < -0.4 is 4.74 Å². The van der Waals surface area contributed by atoms with Gasteiger partial charge in [0.2, 0.25) is 0 Å². The van der Waals surface area contributed by atoms with Gasteiger partial charge >= 0.3 is 0 Å². The average Bonchev–Trinajstić information content (AvgIpc) is 2.32. The lowest BCUT2D eigenvalue weighted by atomic mass is 10.2. The second kappa shape index (κ2) is 5.08. The molecule has 0 fully saturated rings. The van der Waals surface area contributed by atoms with Gasteiger partial charge in [0.1, 0.15) is 12.4 Å². The number of rotatable bonds is 3. The van der Waals surface area contributed by atoms with Crippen LogP contribution in [0.1, 0.15) is 11.1 Å². The number of ether oxygens (including phenoxy) is 1. The van der Waals surface area contributed by atoms with E-state index in [0.717, 1.165) is 16.2 Å². The molecule has 0 aliphatic carbocycles. The minimum absolute atomic E-state index is 0.603. The summed E-state index contributed by atoms with van der Waals surface area (Å²) in [6.45, 7) is 2.63. The maximum atomic E-state index is 5.69. The molecule has 0 saturated carbocycles. The molecule has 2 heteroatoms. The summed E-state index contributed by atoms with van der Waals surface area (Å²) < 4.78 is 5.69. The van der Waals surface area contributed by atoms with Crippen LogP contribution in [0.5, 0.6) is 5.75 Å². The molecule has 0 amide bonds. The molecule has 0 aliphatic rings. The van der Waals surface area contributed by atoms with E-state index in [9.17, 15) is 0 Å². The van der Waals surface area contributed by atoms with E-state index in [0.29, 0.717) is 6.61 Å². The normalized spacial score (nSPS) is 10.1. The highest BCUT2D eigenvalue weighted by Gasteiger charge is 1.98. The first-order chi connectivity index (χ1) is 7.75. The van der Waals surface area contributed by atoms with Crippen molar-refractivity contribution in [2.45, 2.75) is 18.4 Å². The molecule has 2 aromatic carbocycles. The average molecular weight is 230 g/mol. The summed E-state index contributed by atoms with van der Waals surface area (Å²) in [5.74, 6) is 0.888. The monoisotopic (exact) mass is 230 g/mol. The third-order valence-corrected chi connectivity index (χ3v) is 2.92. The van der Waals surface area contributed by atoms with Crippen molar-refractivity contribution in [2.24, 2.45) is 0 Å². The lowest BCUT2D eigenvalue weighted by Gasteiger charge is -2.07. The molecule has 2 aromatic rings. The number of aryl methyl sites for hydroxylation is 1. The predicted octanol–water partition coefficient (Wildman–Crippen LogP) is 3.86. The number of hydrogen-bond donors (Lipinski definition) is 1. The zero-order valence-corrected chi connectivity index (χ0v) is 10.1. The zero-order valence-electron chi connectivity index (χ0n) is 9.18. The van der Waals surface area contributed by atoms with E-state index >= 15 is 0 Å². The number of thiol groups is 1. The lowest BCUT2D eigenvalue weighted by Crippen LogP contribution is -1.95. The SMILES string of the molecule is Cc1cc(OCc2ccccc2)ccc1S. The van der Waals surface area contributed by atoms with E-state index in [4.69, 9.17) is 4.74 Å². The Morgan fingerprint density at radius 1 is 1.06 bits per heavy atom. The number of hydrogen-bond acceptors (Lipinski definition) is 2. The van der Waals surface area contributed by atoms with Crippen LogP contribution in [-0.4, -0.2) is 0 Å². The molecule has 0 aliphatic heterocycles. The van der Waals surface area contributed by atoms with Crippen LogP contribution in [0.3, 0.4) is 0 Å². The van der Waals surface area contributed by atoms with Crippen molar-refractivity contribution in [1.29, 1.82) is 0 Å². The molecule has 82 valence electrons. The summed E-state index contributed by atoms with van der Waals surface area (Å²) in [6.07, 6.45) is 0. The van der Waals surface area contributed by atoms with Crippen molar-refractivity contribution in [3.63, 3.8) is 0 Å². The van der Waals surface area contributed by atoms with Crippen molar-refractivity contribution in [2.75, 3.05) is 0 Å². The summed E-state index contributed by atoms with van der Waals surface area (Å²) in [4.78, 5) is 0.993. The summed E-state index contributed by atoms with van der Waals surface area (Å²) in [5, 5.41) is 0. The van der Waals surface area contributed by atoms with Crippen LogP contribution in [0, 0.1) is 6.92 Å². The van der Waals surface area contributed by atoms with Gasteiger partial charge in [-0.3, -0.25) is 0 Å². The van der Waals surface area contributed by atoms with Gasteiger partial charge in [-0.1, -0.05) is 30.3 Å². The van der Waals surface area contributed by atoms with E-state index in [1.54, 1.807) is 0 Å². The molecule has 16 heavy (non-hydrogen) atoms. The van der Waals surface area contributed by atoms with Crippen LogP contribution in [0.25, 0.3) is 0 Å². The van der Waals surface area contributed by atoms with Gasteiger partial charge in [-0.25, -0.2) is 0 Å². The van der Waals surface area contributed by atoms with E-state index in [-0.39, 0.29) is 0 Å². The van der Waals surface area contributed by atoms with Crippen LogP contribution in [0.15, 0.2) is 53.4 Å². The van der Waals surface area contributed by atoms with Crippen LogP contribution >= 0.6 is 12.6 Å². The van der Waals surface area contributed by atoms with Crippen molar-refractivity contribution in [3.05, 3.63) is 59.7 Å². The molecule has 0 spiro atoms. The van der Waals surface area contributed by atoms with Crippen LogP contribution in [0.4, 0.5) is 0 Å². The van der Waals surface area contributed by atoms with Gasteiger partial charge in [0.05, 0.1) is 0 Å². The molecule has 0 bridgehead atoms. The fourth-order valence-corrected chi connectivity index (χ4v) is 1.60. The third kappa shape index (κ3) is 2.80. The first-order valence-electron chi connectivity index (χ1n) is 5.22.